The molecule has 6 heteroatoms. The summed E-state index contributed by atoms with van der Waals surface area (Å²) in [6, 6.07) is 6.59. The molecule has 1 aromatic rings. The van der Waals surface area contributed by atoms with Crippen LogP contribution in [-0.4, -0.2) is 21.8 Å². The summed E-state index contributed by atoms with van der Waals surface area (Å²) in [5.41, 5.74) is 1.45. The molecular formula is C37H49NO5. The molecule has 6 nitrogen and oxygen atoms in total. The molecule has 1 N–H and O–H groups in total. The second-order valence-corrected chi connectivity index (χ2v) is 16.4. The zero-order valence-corrected chi connectivity index (χ0v) is 26.9. The number of Topliss-reactive ketones (excluding diaryl/α,β-unsaturated/α-hetero) is 1. The molecule has 0 amide bonds. The van der Waals surface area contributed by atoms with Crippen LogP contribution in [0.4, 0.5) is 5.69 Å². The Hall–Kier alpha value is -2.76. The Balaban J connectivity index is 1.41. The molecule has 0 radical (unpaired) electrons. The maximum Gasteiger partial charge on any atom is 0.309 e. The minimum absolute atomic E-state index is 0.0150. The van der Waals surface area contributed by atoms with Crippen molar-refractivity contribution in [3.05, 3.63) is 57.7 Å². The number of nitro benzene ring substituents is 1. The van der Waals surface area contributed by atoms with Gasteiger partial charge in [0.1, 0.15) is 0 Å². The first-order valence-corrected chi connectivity index (χ1v) is 16.4. The lowest BCUT2D eigenvalue weighted by molar-refractivity contribution is -0.384. The number of carbonyl (C=O) groups excluding carboxylic acids is 1. The number of aliphatic carboxylic acids is 1. The van der Waals surface area contributed by atoms with Crippen LogP contribution in [0.25, 0.3) is 6.08 Å². The summed E-state index contributed by atoms with van der Waals surface area (Å²) in [7, 11) is 0. The van der Waals surface area contributed by atoms with Crippen molar-refractivity contribution in [3.8, 4) is 0 Å². The van der Waals surface area contributed by atoms with E-state index < -0.39 is 16.8 Å². The summed E-state index contributed by atoms with van der Waals surface area (Å²) in [5, 5.41) is 22.1. The second kappa shape index (κ2) is 9.62. The van der Waals surface area contributed by atoms with Crippen LogP contribution in [0.15, 0.2) is 42.0 Å². The van der Waals surface area contributed by atoms with E-state index in [4.69, 9.17) is 0 Å². The third kappa shape index (κ3) is 3.96. The molecule has 0 spiro atoms. The molecule has 9 atom stereocenters. The van der Waals surface area contributed by atoms with Gasteiger partial charge in [0.15, 0.2) is 5.78 Å². The molecule has 0 heterocycles. The molecule has 5 aliphatic rings. The largest absolute Gasteiger partial charge is 0.481 e. The van der Waals surface area contributed by atoms with E-state index in [9.17, 15) is 24.8 Å². The molecule has 5 saturated carbocycles. The number of benzene rings is 1. The van der Waals surface area contributed by atoms with E-state index in [0.29, 0.717) is 23.8 Å². The van der Waals surface area contributed by atoms with Crippen molar-refractivity contribution in [3.63, 3.8) is 0 Å². The Kier molecular flexibility index (Phi) is 6.77. The number of nitrogens with zero attached hydrogens (tertiary/aromatic N) is 1. The van der Waals surface area contributed by atoms with Crippen LogP contribution in [0, 0.1) is 66.8 Å². The Labute approximate surface area is 256 Å². The van der Waals surface area contributed by atoms with Crippen LogP contribution in [-0.2, 0) is 9.59 Å². The summed E-state index contributed by atoms with van der Waals surface area (Å²) >= 11 is 0. The maximum atomic E-state index is 14.1. The number of carboxylic acid groups (broad SMARTS) is 1. The first-order valence-electron chi connectivity index (χ1n) is 16.4. The lowest BCUT2D eigenvalue weighted by atomic mass is 9.32. The lowest BCUT2D eigenvalue weighted by Gasteiger charge is -2.72. The number of hydrogen-bond acceptors (Lipinski definition) is 4. The highest BCUT2D eigenvalue weighted by Crippen LogP contribution is 2.77. The molecule has 43 heavy (non-hydrogen) atoms. The van der Waals surface area contributed by atoms with Gasteiger partial charge in [-0.2, -0.15) is 0 Å². The fourth-order valence-electron chi connectivity index (χ4n) is 12.4. The van der Waals surface area contributed by atoms with E-state index in [-0.39, 0.29) is 50.4 Å². The van der Waals surface area contributed by atoms with Gasteiger partial charge in [-0.05, 0) is 128 Å². The summed E-state index contributed by atoms with van der Waals surface area (Å²) in [6.45, 7) is 18.1. The molecule has 0 unspecified atom stereocenters. The van der Waals surface area contributed by atoms with Crippen molar-refractivity contribution in [2.75, 3.05) is 0 Å². The van der Waals surface area contributed by atoms with Gasteiger partial charge in [-0.1, -0.05) is 58.9 Å². The third-order valence-corrected chi connectivity index (χ3v) is 14.5. The van der Waals surface area contributed by atoms with Gasteiger partial charge in [0.2, 0.25) is 0 Å². The number of fused-ring (bicyclic) bond motifs is 7. The smallest absolute Gasteiger partial charge is 0.309 e. The highest BCUT2D eigenvalue weighted by molar-refractivity contribution is 6.04. The normalized spacial score (nSPS) is 44.1. The summed E-state index contributed by atoms with van der Waals surface area (Å²) < 4.78 is 0. The highest BCUT2D eigenvalue weighted by Gasteiger charge is 2.72. The van der Waals surface area contributed by atoms with Gasteiger partial charge < -0.3 is 5.11 Å². The first kappa shape index (κ1) is 30.3. The molecule has 0 saturated heterocycles. The van der Waals surface area contributed by atoms with Gasteiger partial charge in [0.05, 0.1) is 10.3 Å². The zero-order valence-electron chi connectivity index (χ0n) is 26.9. The molecule has 0 aliphatic heterocycles. The molecule has 0 bridgehead atoms. The van der Waals surface area contributed by atoms with E-state index in [0.717, 1.165) is 62.5 Å². The standard InChI is InChI=1S/C37H49NO5/c1-22(2)26-13-16-37(32(40)41)18-17-35(6)27(30(26)37)11-12-29-34(5)21-24(19-23-9-8-10-25(20-23)38(42)43)31(39)33(3,4)28(34)14-15-36(29,35)7/h8-10,19-20,26-30H,1,11-18,21H2,2-7H3,(H,40,41)/b24-19-/t26-,27+,28-,29+,30-,34-,35+,36+,37-/m0/s1. The molecule has 0 aromatic heterocycles. The van der Waals surface area contributed by atoms with Gasteiger partial charge in [0, 0.05) is 17.5 Å². The van der Waals surface area contributed by atoms with E-state index >= 15 is 0 Å². The van der Waals surface area contributed by atoms with Crippen molar-refractivity contribution in [2.24, 2.45) is 56.7 Å². The number of hydrogen-bond donors (Lipinski definition) is 1. The van der Waals surface area contributed by atoms with Gasteiger partial charge in [0.25, 0.3) is 5.69 Å². The Morgan fingerprint density at radius 3 is 2.37 bits per heavy atom. The number of allylic oxidation sites excluding steroid dienone is 2. The Morgan fingerprint density at radius 2 is 1.72 bits per heavy atom. The minimum Gasteiger partial charge on any atom is -0.481 e. The van der Waals surface area contributed by atoms with Crippen LogP contribution in [0.5, 0.6) is 0 Å². The van der Waals surface area contributed by atoms with Crippen molar-refractivity contribution >= 4 is 23.5 Å². The highest BCUT2D eigenvalue weighted by atomic mass is 16.6. The molecule has 1 aromatic carbocycles. The topological polar surface area (TPSA) is 97.5 Å². The van der Waals surface area contributed by atoms with Crippen LogP contribution < -0.4 is 0 Å². The predicted octanol–water partition coefficient (Wildman–Crippen LogP) is 8.90. The van der Waals surface area contributed by atoms with Gasteiger partial charge >= 0.3 is 5.97 Å². The zero-order chi connectivity index (χ0) is 31.3. The SMILES string of the molecule is C=C(C)[C@@H]1CC[C@]2(C(=O)O)CC[C@]3(C)[C@H](CC[C@@H]4[C@@]5(C)C/C(=C/c6cccc([N+](=O)[O-])c6)C(=O)C(C)(C)[C@@H]5CC[C@]43C)[C@H]12. The van der Waals surface area contributed by atoms with E-state index in [1.165, 1.54) is 6.07 Å². The molecule has 5 fully saturated rings. The van der Waals surface area contributed by atoms with Gasteiger partial charge in [-0.15, -0.1) is 0 Å². The predicted molar refractivity (Wildman–Crippen MR) is 168 cm³/mol. The van der Waals surface area contributed by atoms with Crippen LogP contribution in [0.1, 0.15) is 105 Å². The molecule has 6 rings (SSSR count). The van der Waals surface area contributed by atoms with Gasteiger partial charge in [-0.3, -0.25) is 19.7 Å². The fourth-order valence-corrected chi connectivity index (χ4v) is 12.4. The van der Waals surface area contributed by atoms with E-state index in [1.807, 2.05) is 12.1 Å². The van der Waals surface area contributed by atoms with E-state index in [1.54, 1.807) is 12.1 Å². The summed E-state index contributed by atoms with van der Waals surface area (Å²) in [5.74, 6) is 0.980. The van der Waals surface area contributed by atoms with Crippen molar-refractivity contribution in [2.45, 2.75) is 99.3 Å². The Bertz CT molecular complexity index is 1440. The lowest BCUT2D eigenvalue weighted by Crippen LogP contribution is -2.67. The fraction of sp³-hybridized carbons (Fsp3) is 0.676. The number of ketones is 1. The molecular weight excluding hydrogens is 538 g/mol. The second-order valence-electron chi connectivity index (χ2n) is 16.4. The maximum absolute atomic E-state index is 14.1. The average Bonchev–Trinajstić information content (AvgIpc) is 3.34. The summed E-state index contributed by atoms with van der Waals surface area (Å²) in [6.07, 6.45) is 10.1. The van der Waals surface area contributed by atoms with Crippen molar-refractivity contribution < 1.29 is 19.6 Å². The number of non-ortho nitro benzene ring substituents is 1. The number of nitro groups is 1. The quantitative estimate of drug-likeness (QED) is 0.164. The van der Waals surface area contributed by atoms with Crippen molar-refractivity contribution in [1.29, 1.82) is 0 Å². The minimum atomic E-state index is -0.633. The number of rotatable bonds is 4. The average molecular weight is 588 g/mol. The van der Waals surface area contributed by atoms with Crippen molar-refractivity contribution in [1.82, 2.24) is 0 Å². The first-order chi connectivity index (χ1) is 20.0. The molecule has 232 valence electrons. The van der Waals surface area contributed by atoms with Crippen LogP contribution >= 0.6 is 0 Å². The third-order valence-electron chi connectivity index (χ3n) is 14.5. The van der Waals surface area contributed by atoms with E-state index in [2.05, 4.69) is 48.1 Å². The number of carbonyl (C=O) groups is 2. The Morgan fingerprint density at radius 1 is 1.00 bits per heavy atom. The van der Waals surface area contributed by atoms with Gasteiger partial charge in [-0.25, -0.2) is 0 Å². The monoisotopic (exact) mass is 587 g/mol. The van der Waals surface area contributed by atoms with Crippen LogP contribution in [0.2, 0.25) is 0 Å². The molecule has 5 aliphatic carbocycles. The summed E-state index contributed by atoms with van der Waals surface area (Å²) in [4.78, 5) is 38.1. The van der Waals surface area contributed by atoms with Crippen LogP contribution in [0.3, 0.4) is 0 Å². The number of carboxylic acids is 1.